The maximum Gasteiger partial charge on any atom is 0.295 e. The fourth-order valence-electron chi connectivity index (χ4n) is 4.90. The number of hydrogen-bond donors (Lipinski definition) is 2. The summed E-state index contributed by atoms with van der Waals surface area (Å²) >= 11 is 0. The smallest absolute Gasteiger partial charge is 0.295 e. The number of likely N-dealkylation sites (tertiary alicyclic amines) is 1. The predicted molar refractivity (Wildman–Crippen MR) is 144 cm³/mol. The van der Waals surface area contributed by atoms with E-state index >= 15 is 0 Å². The number of methoxy groups -OCH3 is 1. The Balaban J connectivity index is 1.65. The van der Waals surface area contributed by atoms with Crippen LogP contribution in [0.5, 0.6) is 5.75 Å². The molecule has 1 aliphatic heterocycles. The van der Waals surface area contributed by atoms with E-state index in [1.165, 1.54) is 4.90 Å². The fraction of sp³-hybridized carbons (Fsp3) is 0.226. The van der Waals surface area contributed by atoms with Crippen molar-refractivity contribution in [2.45, 2.75) is 38.8 Å². The molecule has 188 valence electrons. The number of carbonyl (C=O) groups excluding carboxylic acids is 2. The van der Waals surface area contributed by atoms with Crippen LogP contribution in [-0.4, -0.2) is 33.8 Å². The first kappa shape index (κ1) is 24.4. The van der Waals surface area contributed by atoms with Crippen LogP contribution in [0.15, 0.2) is 84.6 Å². The summed E-state index contributed by atoms with van der Waals surface area (Å²) in [5.41, 5.74) is 4.13. The van der Waals surface area contributed by atoms with E-state index in [9.17, 15) is 14.7 Å². The van der Waals surface area contributed by atoms with Crippen LogP contribution in [0.1, 0.15) is 49.1 Å². The van der Waals surface area contributed by atoms with Gasteiger partial charge in [0.25, 0.3) is 11.7 Å². The van der Waals surface area contributed by atoms with Crippen molar-refractivity contribution in [2.75, 3.05) is 7.11 Å². The summed E-state index contributed by atoms with van der Waals surface area (Å²) in [6.07, 6.45) is 1.68. The summed E-state index contributed by atoms with van der Waals surface area (Å²) in [6.45, 7) is 6.61. The van der Waals surface area contributed by atoms with Gasteiger partial charge < -0.3 is 19.7 Å². The zero-order chi connectivity index (χ0) is 26.3. The lowest BCUT2D eigenvalue weighted by atomic mass is 9.85. The van der Waals surface area contributed by atoms with Crippen LogP contribution in [0.2, 0.25) is 0 Å². The number of benzene rings is 3. The van der Waals surface area contributed by atoms with Gasteiger partial charge in [-0.1, -0.05) is 75.4 Å². The molecule has 1 unspecified atom stereocenters. The third kappa shape index (κ3) is 4.40. The number of carbonyl (C=O) groups is 2. The Hall–Kier alpha value is -4.32. The number of H-pyrrole nitrogens is 1. The van der Waals surface area contributed by atoms with E-state index in [0.29, 0.717) is 11.3 Å². The zero-order valence-electron chi connectivity index (χ0n) is 21.4. The molecule has 0 aliphatic carbocycles. The van der Waals surface area contributed by atoms with Gasteiger partial charge in [-0.05, 0) is 40.3 Å². The second kappa shape index (κ2) is 9.28. The van der Waals surface area contributed by atoms with Crippen molar-refractivity contribution in [1.82, 2.24) is 9.88 Å². The number of ketones is 1. The second-order valence-corrected chi connectivity index (χ2v) is 10.4. The first-order valence-electron chi connectivity index (χ1n) is 12.3. The third-order valence-electron chi connectivity index (χ3n) is 6.99. The molecule has 37 heavy (non-hydrogen) atoms. The van der Waals surface area contributed by atoms with E-state index in [1.54, 1.807) is 13.3 Å². The van der Waals surface area contributed by atoms with Gasteiger partial charge in [0.1, 0.15) is 11.5 Å². The number of aromatic nitrogens is 1. The molecule has 1 fully saturated rings. The maximum absolute atomic E-state index is 13.4. The molecule has 0 bridgehead atoms. The molecular weight excluding hydrogens is 464 g/mol. The fourth-order valence-corrected chi connectivity index (χ4v) is 4.90. The molecule has 2 N–H and O–H groups in total. The van der Waals surface area contributed by atoms with Crippen LogP contribution < -0.4 is 4.74 Å². The summed E-state index contributed by atoms with van der Waals surface area (Å²) in [5, 5.41) is 12.3. The Kier molecular flexibility index (Phi) is 6.12. The molecular formula is C31H30N2O4. The Morgan fingerprint density at radius 3 is 2.30 bits per heavy atom. The molecule has 5 rings (SSSR count). The lowest BCUT2D eigenvalue weighted by Crippen LogP contribution is -2.29. The molecule has 1 amide bonds. The Bertz CT molecular complexity index is 1510. The first-order chi connectivity index (χ1) is 17.7. The van der Waals surface area contributed by atoms with Gasteiger partial charge in [0.05, 0.1) is 18.7 Å². The standard InChI is InChI=1S/C31H30N2O4/c1-31(2,3)21-13-11-20(12-14-21)27-26(28(34)24-17-32-25-8-6-5-7-23(24)25)29(35)30(36)33(27)18-19-9-15-22(37-4)16-10-19/h5-17,27,32,34H,18H2,1-4H3/b28-26-. The van der Waals surface area contributed by atoms with Crippen LogP contribution in [0.4, 0.5) is 0 Å². The summed E-state index contributed by atoms with van der Waals surface area (Å²) in [6, 6.07) is 22.1. The van der Waals surface area contributed by atoms with Crippen molar-refractivity contribution >= 4 is 28.4 Å². The summed E-state index contributed by atoms with van der Waals surface area (Å²) < 4.78 is 5.25. The van der Waals surface area contributed by atoms with Crippen molar-refractivity contribution in [3.05, 3.63) is 107 Å². The number of hydrogen-bond acceptors (Lipinski definition) is 4. The number of amides is 1. The van der Waals surface area contributed by atoms with Gasteiger partial charge in [-0.2, -0.15) is 0 Å². The van der Waals surface area contributed by atoms with Gasteiger partial charge in [0.2, 0.25) is 0 Å². The predicted octanol–water partition coefficient (Wildman–Crippen LogP) is 6.10. The van der Waals surface area contributed by atoms with Crippen molar-refractivity contribution < 1.29 is 19.4 Å². The van der Waals surface area contributed by atoms with Crippen molar-refractivity contribution in [1.29, 1.82) is 0 Å². The van der Waals surface area contributed by atoms with Crippen LogP contribution in [0.3, 0.4) is 0 Å². The second-order valence-electron chi connectivity index (χ2n) is 10.4. The summed E-state index contributed by atoms with van der Waals surface area (Å²) in [5.74, 6) is -0.805. The number of ether oxygens (including phenoxy) is 1. The zero-order valence-corrected chi connectivity index (χ0v) is 21.4. The molecule has 3 aromatic carbocycles. The summed E-state index contributed by atoms with van der Waals surface area (Å²) in [7, 11) is 1.60. The quantitative estimate of drug-likeness (QED) is 0.200. The number of aromatic amines is 1. The van der Waals surface area contributed by atoms with E-state index in [-0.39, 0.29) is 23.3 Å². The highest BCUT2D eigenvalue weighted by atomic mass is 16.5. The monoisotopic (exact) mass is 494 g/mol. The number of rotatable bonds is 5. The highest BCUT2D eigenvalue weighted by Gasteiger charge is 2.46. The number of nitrogens with zero attached hydrogens (tertiary/aromatic N) is 1. The highest BCUT2D eigenvalue weighted by Crippen LogP contribution is 2.42. The number of aliphatic hydroxyl groups excluding tert-OH is 1. The van der Waals surface area contributed by atoms with E-state index in [0.717, 1.165) is 27.6 Å². The molecule has 2 heterocycles. The average molecular weight is 495 g/mol. The minimum Gasteiger partial charge on any atom is -0.507 e. The average Bonchev–Trinajstić information content (AvgIpc) is 3.43. The van der Waals surface area contributed by atoms with E-state index in [1.807, 2.05) is 72.8 Å². The minimum absolute atomic E-state index is 0.0481. The van der Waals surface area contributed by atoms with Crippen molar-refractivity contribution in [3.8, 4) is 5.75 Å². The number of Topliss-reactive ketones (excluding diaryl/α,β-unsaturated/α-hetero) is 1. The number of fused-ring (bicyclic) bond motifs is 1. The number of nitrogens with one attached hydrogen (secondary N) is 1. The molecule has 0 spiro atoms. The highest BCUT2D eigenvalue weighted by molar-refractivity contribution is 6.46. The van der Waals surface area contributed by atoms with Gasteiger partial charge in [-0.25, -0.2) is 0 Å². The lowest BCUT2D eigenvalue weighted by Gasteiger charge is -2.26. The van der Waals surface area contributed by atoms with Gasteiger partial charge in [0, 0.05) is 29.2 Å². The first-order valence-corrected chi connectivity index (χ1v) is 12.3. The molecule has 4 aromatic rings. The number of aliphatic hydroxyl groups is 1. The molecule has 6 heteroatoms. The largest absolute Gasteiger partial charge is 0.507 e. The molecule has 0 radical (unpaired) electrons. The Morgan fingerprint density at radius 1 is 0.973 bits per heavy atom. The van der Waals surface area contributed by atoms with E-state index in [4.69, 9.17) is 4.74 Å². The SMILES string of the molecule is COc1ccc(CN2C(=O)C(=O)/C(=C(\O)c3c[nH]c4ccccc34)C2c2ccc(C(C)(C)C)cc2)cc1. The number of para-hydroxylation sites is 1. The lowest BCUT2D eigenvalue weighted by molar-refractivity contribution is -0.140. The Morgan fingerprint density at radius 2 is 1.65 bits per heavy atom. The normalized spacial score (nSPS) is 17.5. The molecule has 1 saturated heterocycles. The van der Waals surface area contributed by atoms with Crippen molar-refractivity contribution in [3.63, 3.8) is 0 Å². The van der Waals surface area contributed by atoms with Crippen LogP contribution in [0.25, 0.3) is 16.7 Å². The van der Waals surface area contributed by atoms with Crippen LogP contribution in [-0.2, 0) is 21.5 Å². The third-order valence-corrected chi connectivity index (χ3v) is 6.99. The molecule has 1 aromatic heterocycles. The maximum atomic E-state index is 13.4. The van der Waals surface area contributed by atoms with Gasteiger partial charge in [-0.3, -0.25) is 9.59 Å². The molecule has 1 aliphatic rings. The van der Waals surface area contributed by atoms with Gasteiger partial charge in [-0.15, -0.1) is 0 Å². The van der Waals surface area contributed by atoms with E-state index < -0.39 is 17.7 Å². The topological polar surface area (TPSA) is 82.6 Å². The van der Waals surface area contributed by atoms with Gasteiger partial charge >= 0.3 is 0 Å². The Labute approximate surface area is 216 Å². The van der Waals surface area contributed by atoms with Crippen LogP contribution >= 0.6 is 0 Å². The van der Waals surface area contributed by atoms with E-state index in [2.05, 4.69) is 25.8 Å². The molecule has 0 saturated carbocycles. The minimum atomic E-state index is -0.732. The molecule has 6 nitrogen and oxygen atoms in total. The van der Waals surface area contributed by atoms with Crippen LogP contribution in [0, 0.1) is 0 Å². The van der Waals surface area contributed by atoms with Gasteiger partial charge in [0.15, 0.2) is 0 Å². The van der Waals surface area contributed by atoms with Crippen molar-refractivity contribution in [2.24, 2.45) is 0 Å². The summed E-state index contributed by atoms with van der Waals surface area (Å²) in [4.78, 5) is 31.5. The molecule has 1 atom stereocenters.